The van der Waals surface area contributed by atoms with Crippen molar-refractivity contribution in [2.45, 2.75) is 38.4 Å². The van der Waals surface area contributed by atoms with Gasteiger partial charge < -0.3 is 10.4 Å². The molecule has 1 saturated heterocycles. The zero-order chi connectivity index (χ0) is 15.4. The number of nitrogens with one attached hydrogen (secondary N) is 1. The Morgan fingerprint density at radius 2 is 2.14 bits per heavy atom. The van der Waals surface area contributed by atoms with Gasteiger partial charge in [-0.3, -0.25) is 4.90 Å². The smallest absolute Gasteiger partial charge is 0.115 e. The number of phenols is 1. The summed E-state index contributed by atoms with van der Waals surface area (Å²) in [6.07, 6.45) is 2.38. The second-order valence-corrected chi connectivity index (χ2v) is 6.95. The van der Waals surface area contributed by atoms with Gasteiger partial charge in [-0.1, -0.05) is 12.1 Å². The molecule has 3 rings (SSSR count). The molecule has 1 fully saturated rings. The van der Waals surface area contributed by atoms with E-state index in [0.717, 1.165) is 25.2 Å². The molecule has 2 aromatic rings. The highest BCUT2D eigenvalue weighted by molar-refractivity contribution is 7.07. The molecule has 1 atom stereocenters. The van der Waals surface area contributed by atoms with Crippen molar-refractivity contribution in [2.75, 3.05) is 13.1 Å². The summed E-state index contributed by atoms with van der Waals surface area (Å²) in [6.45, 7) is 5.56. The standard InChI is InChI=1S/C18H24N2OS/c1-14(16-3-2-4-18(21)11-16)19-17-5-8-20(9-6-17)12-15-7-10-22-13-15/h2-4,7,10-11,13-14,17,19,21H,5-6,8-9,12H2,1H3/t14-/m1/s1. The monoisotopic (exact) mass is 316 g/mol. The molecule has 0 unspecified atom stereocenters. The van der Waals surface area contributed by atoms with Crippen molar-refractivity contribution in [1.29, 1.82) is 0 Å². The Bertz CT molecular complexity index is 577. The molecule has 2 N–H and O–H groups in total. The summed E-state index contributed by atoms with van der Waals surface area (Å²) in [6, 6.07) is 10.6. The fourth-order valence-corrected chi connectivity index (χ4v) is 3.80. The van der Waals surface area contributed by atoms with Crippen LogP contribution in [0.25, 0.3) is 0 Å². The predicted molar refractivity (Wildman–Crippen MR) is 92.3 cm³/mol. The first-order valence-corrected chi connectivity index (χ1v) is 8.93. The first-order valence-electron chi connectivity index (χ1n) is 7.99. The molecule has 118 valence electrons. The summed E-state index contributed by atoms with van der Waals surface area (Å²) < 4.78 is 0. The van der Waals surface area contributed by atoms with Gasteiger partial charge in [-0.15, -0.1) is 0 Å². The highest BCUT2D eigenvalue weighted by atomic mass is 32.1. The van der Waals surface area contributed by atoms with E-state index in [4.69, 9.17) is 0 Å². The molecule has 1 aliphatic heterocycles. The van der Waals surface area contributed by atoms with Crippen molar-refractivity contribution in [3.05, 3.63) is 52.2 Å². The van der Waals surface area contributed by atoms with Gasteiger partial charge in [0.25, 0.3) is 0 Å². The van der Waals surface area contributed by atoms with Gasteiger partial charge in [-0.25, -0.2) is 0 Å². The molecular formula is C18H24N2OS. The van der Waals surface area contributed by atoms with Crippen LogP contribution in [0.15, 0.2) is 41.1 Å². The Morgan fingerprint density at radius 1 is 1.32 bits per heavy atom. The third-order valence-corrected chi connectivity index (χ3v) is 5.16. The van der Waals surface area contributed by atoms with Crippen molar-refractivity contribution in [3.8, 4) is 5.75 Å². The van der Waals surface area contributed by atoms with Crippen LogP contribution in [-0.2, 0) is 6.54 Å². The lowest BCUT2D eigenvalue weighted by Crippen LogP contribution is -2.42. The SMILES string of the molecule is C[C@@H](NC1CCN(Cc2ccsc2)CC1)c1cccc(O)c1. The third kappa shape index (κ3) is 4.09. The number of hydrogen-bond acceptors (Lipinski definition) is 4. The topological polar surface area (TPSA) is 35.5 Å². The van der Waals surface area contributed by atoms with Crippen LogP contribution in [-0.4, -0.2) is 29.1 Å². The minimum atomic E-state index is 0.278. The maximum absolute atomic E-state index is 9.59. The molecule has 1 aliphatic rings. The van der Waals surface area contributed by atoms with E-state index in [-0.39, 0.29) is 6.04 Å². The minimum Gasteiger partial charge on any atom is -0.508 e. The predicted octanol–water partition coefficient (Wildman–Crippen LogP) is 3.77. The molecule has 4 heteroatoms. The number of piperidine rings is 1. The maximum atomic E-state index is 9.59. The maximum Gasteiger partial charge on any atom is 0.115 e. The molecule has 0 aliphatic carbocycles. The molecule has 22 heavy (non-hydrogen) atoms. The van der Waals surface area contributed by atoms with Gasteiger partial charge in [-0.05, 0) is 72.9 Å². The number of nitrogens with zero attached hydrogens (tertiary/aromatic N) is 1. The lowest BCUT2D eigenvalue weighted by atomic mass is 10.0. The van der Waals surface area contributed by atoms with Gasteiger partial charge in [0.1, 0.15) is 5.75 Å². The average Bonchev–Trinajstić information content (AvgIpc) is 3.02. The van der Waals surface area contributed by atoms with E-state index in [1.807, 2.05) is 12.1 Å². The highest BCUT2D eigenvalue weighted by Crippen LogP contribution is 2.21. The Balaban J connectivity index is 1.47. The van der Waals surface area contributed by atoms with Crippen LogP contribution in [0.3, 0.4) is 0 Å². The van der Waals surface area contributed by atoms with Gasteiger partial charge in [0.05, 0.1) is 0 Å². The van der Waals surface area contributed by atoms with Crippen LogP contribution in [0.2, 0.25) is 0 Å². The Kier molecular flexibility index (Phi) is 5.13. The van der Waals surface area contributed by atoms with Gasteiger partial charge in [0.15, 0.2) is 0 Å². The summed E-state index contributed by atoms with van der Waals surface area (Å²) in [4.78, 5) is 2.54. The van der Waals surface area contributed by atoms with E-state index in [1.54, 1.807) is 17.4 Å². The molecule has 2 heterocycles. The second kappa shape index (κ2) is 7.27. The quantitative estimate of drug-likeness (QED) is 0.881. The van der Waals surface area contributed by atoms with E-state index in [1.165, 1.54) is 18.4 Å². The highest BCUT2D eigenvalue weighted by Gasteiger charge is 2.21. The lowest BCUT2D eigenvalue weighted by Gasteiger charge is -2.34. The van der Waals surface area contributed by atoms with Gasteiger partial charge in [0, 0.05) is 18.6 Å². The average molecular weight is 316 g/mol. The van der Waals surface area contributed by atoms with Crippen molar-refractivity contribution >= 4 is 11.3 Å². The molecular weight excluding hydrogens is 292 g/mol. The molecule has 0 radical (unpaired) electrons. The second-order valence-electron chi connectivity index (χ2n) is 6.17. The van der Waals surface area contributed by atoms with E-state index in [2.05, 4.69) is 40.0 Å². The van der Waals surface area contributed by atoms with Crippen LogP contribution in [0.5, 0.6) is 5.75 Å². The molecule has 0 amide bonds. The van der Waals surface area contributed by atoms with Crippen molar-refractivity contribution < 1.29 is 5.11 Å². The lowest BCUT2D eigenvalue weighted by molar-refractivity contribution is 0.185. The number of likely N-dealkylation sites (tertiary alicyclic amines) is 1. The van der Waals surface area contributed by atoms with Crippen molar-refractivity contribution in [3.63, 3.8) is 0 Å². The minimum absolute atomic E-state index is 0.278. The number of rotatable bonds is 5. The zero-order valence-electron chi connectivity index (χ0n) is 13.0. The summed E-state index contributed by atoms with van der Waals surface area (Å²) in [7, 11) is 0. The molecule has 0 spiro atoms. The Morgan fingerprint density at radius 3 is 2.82 bits per heavy atom. The summed E-state index contributed by atoms with van der Waals surface area (Å²) >= 11 is 1.78. The molecule has 0 bridgehead atoms. The number of thiophene rings is 1. The fraction of sp³-hybridized carbons (Fsp3) is 0.444. The molecule has 1 aromatic carbocycles. The summed E-state index contributed by atoms with van der Waals surface area (Å²) in [5.41, 5.74) is 2.59. The Hall–Kier alpha value is -1.36. The number of aromatic hydroxyl groups is 1. The van der Waals surface area contributed by atoms with E-state index < -0.39 is 0 Å². The largest absolute Gasteiger partial charge is 0.508 e. The summed E-state index contributed by atoms with van der Waals surface area (Å²) in [5, 5.41) is 17.7. The number of hydrogen-bond donors (Lipinski definition) is 2. The van der Waals surface area contributed by atoms with Gasteiger partial charge in [-0.2, -0.15) is 11.3 Å². The normalized spacial score (nSPS) is 18.4. The van der Waals surface area contributed by atoms with Crippen molar-refractivity contribution in [1.82, 2.24) is 10.2 Å². The van der Waals surface area contributed by atoms with E-state index in [0.29, 0.717) is 11.8 Å². The van der Waals surface area contributed by atoms with Crippen molar-refractivity contribution in [2.24, 2.45) is 0 Å². The molecule has 3 nitrogen and oxygen atoms in total. The van der Waals surface area contributed by atoms with Crippen LogP contribution in [0.1, 0.15) is 36.9 Å². The molecule has 1 aromatic heterocycles. The van der Waals surface area contributed by atoms with E-state index in [9.17, 15) is 5.11 Å². The fourth-order valence-electron chi connectivity index (χ4n) is 3.14. The van der Waals surface area contributed by atoms with E-state index >= 15 is 0 Å². The van der Waals surface area contributed by atoms with Crippen LogP contribution < -0.4 is 5.32 Å². The number of benzene rings is 1. The Labute approximate surface area is 136 Å². The number of phenolic OH excluding ortho intramolecular Hbond substituents is 1. The van der Waals surface area contributed by atoms with Crippen LogP contribution in [0.4, 0.5) is 0 Å². The zero-order valence-corrected chi connectivity index (χ0v) is 13.9. The molecule has 0 saturated carbocycles. The van der Waals surface area contributed by atoms with Gasteiger partial charge >= 0.3 is 0 Å². The first kappa shape index (κ1) is 15.5. The first-order chi connectivity index (χ1) is 10.7. The van der Waals surface area contributed by atoms with Gasteiger partial charge in [0.2, 0.25) is 0 Å². The van der Waals surface area contributed by atoms with Crippen LogP contribution in [0, 0.1) is 0 Å². The van der Waals surface area contributed by atoms with Crippen LogP contribution >= 0.6 is 11.3 Å². The third-order valence-electron chi connectivity index (χ3n) is 4.43. The summed E-state index contributed by atoms with van der Waals surface area (Å²) in [5.74, 6) is 0.344.